The summed E-state index contributed by atoms with van der Waals surface area (Å²) in [7, 11) is 1.55. The van der Waals surface area contributed by atoms with Crippen molar-refractivity contribution in [3.8, 4) is 17.1 Å². The van der Waals surface area contributed by atoms with Crippen LogP contribution in [0, 0.1) is 0 Å². The number of amides is 1. The Bertz CT molecular complexity index is 917. The molecule has 144 valence electrons. The van der Waals surface area contributed by atoms with Crippen LogP contribution in [0.5, 0.6) is 5.88 Å². The smallest absolute Gasteiger partial charge is 0.253 e. The maximum Gasteiger partial charge on any atom is 0.253 e. The average molecular weight is 378 g/mol. The van der Waals surface area contributed by atoms with Crippen LogP contribution in [0.3, 0.4) is 0 Å². The zero-order valence-corrected chi connectivity index (χ0v) is 15.7. The summed E-state index contributed by atoms with van der Waals surface area (Å²) < 4.78 is 7.03. The minimum atomic E-state index is -0.0948. The molecule has 0 radical (unpaired) electrons. The van der Waals surface area contributed by atoms with Gasteiger partial charge in [-0.15, -0.1) is 0 Å². The highest BCUT2D eigenvalue weighted by molar-refractivity contribution is 5.94. The Kier molecular flexibility index (Phi) is 5.27. The molecule has 3 heterocycles. The molecule has 3 aromatic rings. The lowest BCUT2D eigenvalue weighted by Gasteiger charge is -2.29. The van der Waals surface area contributed by atoms with E-state index in [9.17, 15) is 4.79 Å². The summed E-state index contributed by atoms with van der Waals surface area (Å²) >= 11 is 0. The van der Waals surface area contributed by atoms with Gasteiger partial charge in [0.25, 0.3) is 5.91 Å². The number of ether oxygens (including phenoxy) is 1. The molecule has 3 aromatic heterocycles. The zero-order chi connectivity index (χ0) is 19.3. The van der Waals surface area contributed by atoms with Crippen LogP contribution < -0.4 is 10.1 Å². The second-order valence-electron chi connectivity index (χ2n) is 6.87. The molecule has 1 fully saturated rings. The van der Waals surface area contributed by atoms with Gasteiger partial charge in [-0.25, -0.2) is 4.98 Å². The third-order valence-corrected chi connectivity index (χ3v) is 5.07. The van der Waals surface area contributed by atoms with Crippen molar-refractivity contribution in [1.82, 2.24) is 30.0 Å². The summed E-state index contributed by atoms with van der Waals surface area (Å²) in [6, 6.07) is 3.92. The molecule has 1 aliphatic carbocycles. The first-order valence-corrected chi connectivity index (χ1v) is 9.34. The molecule has 0 spiro atoms. The molecule has 0 aliphatic heterocycles. The number of methoxy groups -OCH3 is 1. The molecule has 1 amide bonds. The summed E-state index contributed by atoms with van der Waals surface area (Å²) in [6.07, 6.45) is 14.2. The number of hydrogen-bond acceptors (Lipinski definition) is 6. The normalized spacial score (nSPS) is 19.2. The Morgan fingerprint density at radius 2 is 1.96 bits per heavy atom. The monoisotopic (exact) mass is 378 g/mol. The van der Waals surface area contributed by atoms with Crippen molar-refractivity contribution in [2.45, 2.75) is 37.8 Å². The molecule has 0 atom stereocenters. The minimum Gasteiger partial charge on any atom is -0.481 e. The van der Waals surface area contributed by atoms with Gasteiger partial charge in [0.05, 0.1) is 36.8 Å². The van der Waals surface area contributed by atoms with E-state index in [-0.39, 0.29) is 11.9 Å². The number of rotatable bonds is 5. The van der Waals surface area contributed by atoms with E-state index in [1.807, 2.05) is 17.1 Å². The van der Waals surface area contributed by atoms with Crippen LogP contribution in [-0.4, -0.2) is 43.8 Å². The van der Waals surface area contributed by atoms with Crippen molar-refractivity contribution < 1.29 is 9.53 Å². The van der Waals surface area contributed by atoms with Crippen LogP contribution >= 0.6 is 0 Å². The maximum absolute atomic E-state index is 12.4. The van der Waals surface area contributed by atoms with Gasteiger partial charge in [0.1, 0.15) is 0 Å². The first-order chi connectivity index (χ1) is 13.7. The first-order valence-electron chi connectivity index (χ1n) is 9.34. The number of carbonyl (C=O) groups is 1. The van der Waals surface area contributed by atoms with Crippen molar-refractivity contribution in [3.05, 3.63) is 54.9 Å². The average Bonchev–Trinajstić information content (AvgIpc) is 3.25. The van der Waals surface area contributed by atoms with E-state index < -0.39 is 0 Å². The molecular weight excluding hydrogens is 356 g/mol. The zero-order valence-electron chi connectivity index (χ0n) is 15.7. The van der Waals surface area contributed by atoms with E-state index in [0.29, 0.717) is 17.5 Å². The Morgan fingerprint density at radius 3 is 2.64 bits per heavy atom. The summed E-state index contributed by atoms with van der Waals surface area (Å²) in [5, 5.41) is 7.62. The highest BCUT2D eigenvalue weighted by atomic mass is 16.5. The summed E-state index contributed by atoms with van der Waals surface area (Å²) in [4.78, 5) is 24.9. The lowest BCUT2D eigenvalue weighted by Crippen LogP contribution is -2.38. The number of pyridine rings is 1. The molecule has 0 bridgehead atoms. The summed E-state index contributed by atoms with van der Waals surface area (Å²) in [6.45, 7) is 0. The summed E-state index contributed by atoms with van der Waals surface area (Å²) in [5.74, 6) is 0.403. The highest BCUT2D eigenvalue weighted by Crippen LogP contribution is 2.29. The Hall–Kier alpha value is -3.29. The van der Waals surface area contributed by atoms with Crippen LogP contribution in [0.1, 0.15) is 42.1 Å². The van der Waals surface area contributed by atoms with E-state index in [2.05, 4.69) is 25.4 Å². The lowest BCUT2D eigenvalue weighted by molar-refractivity contribution is 0.0921. The van der Waals surface area contributed by atoms with Gasteiger partial charge >= 0.3 is 0 Å². The van der Waals surface area contributed by atoms with E-state index in [0.717, 1.165) is 36.9 Å². The van der Waals surface area contributed by atoms with E-state index in [1.165, 1.54) is 6.20 Å². The molecule has 1 saturated carbocycles. The Labute approximate surface area is 163 Å². The standard InChI is InChI=1S/C20H22N6O2/c1-28-19-7-2-14(10-23-19)20(27)25-16-3-5-17(6-4-16)26-13-15(11-24-26)18-12-21-8-9-22-18/h2,7-13,16-17H,3-6H2,1H3,(H,25,27). The molecule has 0 aromatic carbocycles. The fourth-order valence-corrected chi connectivity index (χ4v) is 3.51. The highest BCUT2D eigenvalue weighted by Gasteiger charge is 2.24. The van der Waals surface area contributed by atoms with Crippen LogP contribution in [-0.2, 0) is 0 Å². The van der Waals surface area contributed by atoms with Gasteiger partial charge in [0.2, 0.25) is 5.88 Å². The molecule has 0 unspecified atom stereocenters. The summed E-state index contributed by atoms with van der Waals surface area (Å²) in [5.41, 5.74) is 2.34. The van der Waals surface area contributed by atoms with Crippen molar-refractivity contribution >= 4 is 5.91 Å². The minimum absolute atomic E-state index is 0.0948. The van der Waals surface area contributed by atoms with Crippen LogP contribution in [0.2, 0.25) is 0 Å². The van der Waals surface area contributed by atoms with E-state index in [4.69, 9.17) is 4.74 Å². The molecule has 1 aliphatic rings. The van der Waals surface area contributed by atoms with Crippen LogP contribution in [0.4, 0.5) is 0 Å². The third kappa shape index (κ3) is 4.00. The van der Waals surface area contributed by atoms with Gasteiger partial charge in [-0.3, -0.25) is 19.4 Å². The number of carbonyl (C=O) groups excluding carboxylic acids is 1. The lowest BCUT2D eigenvalue weighted by atomic mass is 9.91. The van der Waals surface area contributed by atoms with Gasteiger partial charge in [0.15, 0.2) is 0 Å². The van der Waals surface area contributed by atoms with Gasteiger partial charge in [-0.05, 0) is 31.7 Å². The molecule has 1 N–H and O–H groups in total. The quantitative estimate of drug-likeness (QED) is 0.733. The number of aromatic nitrogens is 5. The first kappa shape index (κ1) is 18.1. The predicted octanol–water partition coefficient (Wildman–Crippen LogP) is 2.66. The van der Waals surface area contributed by atoms with Crippen LogP contribution in [0.25, 0.3) is 11.3 Å². The maximum atomic E-state index is 12.4. The fourth-order valence-electron chi connectivity index (χ4n) is 3.51. The molecular formula is C20H22N6O2. The molecule has 0 saturated heterocycles. The van der Waals surface area contributed by atoms with Gasteiger partial charge in [-0.2, -0.15) is 5.10 Å². The molecule has 28 heavy (non-hydrogen) atoms. The number of hydrogen-bond donors (Lipinski definition) is 1. The number of nitrogens with zero attached hydrogens (tertiary/aromatic N) is 5. The second kappa shape index (κ2) is 8.16. The van der Waals surface area contributed by atoms with Crippen molar-refractivity contribution in [2.75, 3.05) is 7.11 Å². The van der Waals surface area contributed by atoms with Crippen molar-refractivity contribution in [3.63, 3.8) is 0 Å². The Balaban J connectivity index is 1.32. The van der Waals surface area contributed by atoms with Crippen molar-refractivity contribution in [1.29, 1.82) is 0 Å². The van der Waals surface area contributed by atoms with Crippen LogP contribution in [0.15, 0.2) is 49.3 Å². The third-order valence-electron chi connectivity index (χ3n) is 5.07. The van der Waals surface area contributed by atoms with Gasteiger partial charge < -0.3 is 10.1 Å². The number of nitrogens with one attached hydrogen (secondary N) is 1. The van der Waals surface area contributed by atoms with Gasteiger partial charge in [0, 0.05) is 42.5 Å². The molecule has 8 heteroatoms. The fraction of sp³-hybridized carbons (Fsp3) is 0.350. The van der Waals surface area contributed by atoms with Gasteiger partial charge in [-0.1, -0.05) is 0 Å². The van der Waals surface area contributed by atoms with Crippen molar-refractivity contribution in [2.24, 2.45) is 0 Å². The molecule has 8 nitrogen and oxygen atoms in total. The van der Waals surface area contributed by atoms with E-state index in [1.54, 1.807) is 37.8 Å². The Morgan fingerprint density at radius 1 is 1.11 bits per heavy atom. The molecule has 4 rings (SSSR count). The SMILES string of the molecule is COc1ccc(C(=O)NC2CCC(n3cc(-c4cnccn4)cn3)CC2)cn1. The second-order valence-corrected chi connectivity index (χ2v) is 6.87. The topological polar surface area (TPSA) is 94.8 Å². The van der Waals surface area contributed by atoms with E-state index >= 15 is 0 Å². The predicted molar refractivity (Wildman–Crippen MR) is 103 cm³/mol. The largest absolute Gasteiger partial charge is 0.481 e.